The van der Waals surface area contributed by atoms with E-state index in [9.17, 15) is 9.59 Å². The van der Waals surface area contributed by atoms with Crippen molar-refractivity contribution < 1.29 is 9.59 Å². The Morgan fingerprint density at radius 2 is 2.27 bits per heavy atom. The summed E-state index contributed by atoms with van der Waals surface area (Å²) >= 11 is 3.12. The van der Waals surface area contributed by atoms with Gasteiger partial charge in [0.25, 0.3) is 0 Å². The zero-order valence-electron chi connectivity index (χ0n) is 14.8. The number of amides is 2. The van der Waals surface area contributed by atoms with Crippen LogP contribution in [0.5, 0.6) is 0 Å². The molecule has 2 amide bonds. The maximum absolute atomic E-state index is 12.3. The second kappa shape index (κ2) is 8.73. The van der Waals surface area contributed by atoms with Crippen molar-refractivity contribution >= 4 is 41.2 Å². The number of thioether (sulfide) groups is 2. The largest absolute Gasteiger partial charge is 0.350 e. The fraction of sp³-hybridized carbons (Fsp3) is 0.444. The van der Waals surface area contributed by atoms with Crippen molar-refractivity contribution in [1.29, 1.82) is 0 Å². The van der Waals surface area contributed by atoms with Gasteiger partial charge in [0.05, 0.1) is 29.7 Å². The zero-order chi connectivity index (χ0) is 18.5. The number of rotatable bonds is 7. The highest BCUT2D eigenvalue weighted by molar-refractivity contribution is 8.04. The Labute approximate surface area is 161 Å². The minimum atomic E-state index is -0.173. The van der Waals surface area contributed by atoms with Gasteiger partial charge in [0.15, 0.2) is 0 Å². The van der Waals surface area contributed by atoms with Gasteiger partial charge in [0, 0.05) is 6.20 Å². The molecule has 2 atom stereocenters. The Kier molecular flexibility index (Phi) is 6.37. The van der Waals surface area contributed by atoms with Crippen molar-refractivity contribution in [3.63, 3.8) is 0 Å². The summed E-state index contributed by atoms with van der Waals surface area (Å²) < 4.78 is 0. The fourth-order valence-corrected chi connectivity index (χ4v) is 4.65. The molecule has 3 rings (SSSR count). The summed E-state index contributed by atoms with van der Waals surface area (Å²) in [6, 6.07) is 5.60. The van der Waals surface area contributed by atoms with Gasteiger partial charge in [0.2, 0.25) is 11.8 Å². The minimum absolute atomic E-state index is 0.00311. The molecule has 0 aromatic carbocycles. The van der Waals surface area contributed by atoms with E-state index >= 15 is 0 Å². The summed E-state index contributed by atoms with van der Waals surface area (Å²) in [5, 5.41) is 5.65. The number of pyridine rings is 1. The van der Waals surface area contributed by atoms with Crippen LogP contribution in [0.25, 0.3) is 0 Å². The molecule has 0 bridgehead atoms. The maximum atomic E-state index is 12.3. The summed E-state index contributed by atoms with van der Waals surface area (Å²) in [5.41, 5.74) is 0.826. The van der Waals surface area contributed by atoms with Crippen LogP contribution in [0.3, 0.4) is 0 Å². The number of aliphatic imine (C=N–C) groups is 1. The third kappa shape index (κ3) is 4.88. The Balaban J connectivity index is 1.43. The highest BCUT2D eigenvalue weighted by Gasteiger charge is 2.37. The Morgan fingerprint density at radius 1 is 1.42 bits per heavy atom. The smallest absolute Gasteiger partial charge is 0.235 e. The number of amidine groups is 1. The molecule has 0 unspecified atom stereocenters. The van der Waals surface area contributed by atoms with Crippen LogP contribution in [0.4, 0.5) is 0 Å². The standard InChI is InChI=1S/C18H22N4O2S2/c1-11(2)14-7-13-17(24)21-15(22-18(13)26-14)9-25-10-16(23)20-8-12-5-3-4-6-19-12/h3-7,11,13,18H,8-10H2,1-2H3,(H,20,23)(H,21,22,24)/t13-,18+/m1/s1. The number of fused-ring (bicyclic) bond motifs is 1. The maximum Gasteiger partial charge on any atom is 0.235 e. The molecule has 0 fully saturated rings. The van der Waals surface area contributed by atoms with E-state index in [4.69, 9.17) is 0 Å². The van der Waals surface area contributed by atoms with Crippen LogP contribution in [0.1, 0.15) is 19.5 Å². The molecule has 0 aliphatic carbocycles. The van der Waals surface area contributed by atoms with Gasteiger partial charge < -0.3 is 10.6 Å². The van der Waals surface area contributed by atoms with Crippen LogP contribution in [-0.2, 0) is 16.1 Å². The monoisotopic (exact) mass is 390 g/mol. The molecule has 0 spiro atoms. The number of hydrogen-bond acceptors (Lipinski definition) is 6. The van der Waals surface area contributed by atoms with Gasteiger partial charge in [-0.1, -0.05) is 26.0 Å². The predicted octanol–water partition coefficient (Wildman–Crippen LogP) is 2.19. The van der Waals surface area contributed by atoms with Crippen molar-refractivity contribution in [2.24, 2.45) is 16.8 Å². The summed E-state index contributed by atoms with van der Waals surface area (Å²) in [6.07, 6.45) is 3.74. The molecule has 0 radical (unpaired) electrons. The summed E-state index contributed by atoms with van der Waals surface area (Å²) in [4.78, 5) is 34.2. The second-order valence-electron chi connectivity index (χ2n) is 6.41. The lowest BCUT2D eigenvalue weighted by molar-refractivity contribution is -0.122. The van der Waals surface area contributed by atoms with E-state index in [0.717, 1.165) is 5.69 Å². The minimum Gasteiger partial charge on any atom is -0.350 e. The second-order valence-corrected chi connectivity index (χ2v) is 8.59. The highest BCUT2D eigenvalue weighted by Crippen LogP contribution is 2.42. The van der Waals surface area contributed by atoms with Gasteiger partial charge >= 0.3 is 0 Å². The number of nitrogens with zero attached hydrogens (tertiary/aromatic N) is 2. The van der Waals surface area contributed by atoms with E-state index in [1.54, 1.807) is 18.0 Å². The molecule has 2 N–H and O–H groups in total. The molecule has 3 heterocycles. The number of carbonyl (C=O) groups is 2. The molecule has 26 heavy (non-hydrogen) atoms. The molecule has 0 saturated carbocycles. The molecule has 1 aromatic heterocycles. The van der Waals surface area contributed by atoms with Crippen molar-refractivity contribution in [3.8, 4) is 0 Å². The average Bonchev–Trinajstić information content (AvgIpc) is 3.06. The Hall–Kier alpha value is -1.80. The molecule has 2 aliphatic rings. The van der Waals surface area contributed by atoms with E-state index in [-0.39, 0.29) is 23.1 Å². The van der Waals surface area contributed by atoms with E-state index < -0.39 is 0 Å². The van der Waals surface area contributed by atoms with Crippen LogP contribution >= 0.6 is 23.5 Å². The number of nitrogens with one attached hydrogen (secondary N) is 2. The van der Waals surface area contributed by atoms with Crippen LogP contribution in [-0.4, -0.2) is 39.5 Å². The molecule has 6 nitrogen and oxygen atoms in total. The molecule has 138 valence electrons. The van der Waals surface area contributed by atoms with Crippen molar-refractivity contribution in [2.75, 3.05) is 11.5 Å². The van der Waals surface area contributed by atoms with Gasteiger partial charge in [-0.15, -0.1) is 23.5 Å². The topological polar surface area (TPSA) is 83.5 Å². The number of hydrogen-bond donors (Lipinski definition) is 2. The number of aromatic nitrogens is 1. The van der Waals surface area contributed by atoms with Gasteiger partial charge in [-0.2, -0.15) is 0 Å². The van der Waals surface area contributed by atoms with E-state index in [1.807, 2.05) is 24.3 Å². The molecule has 1 aromatic rings. The third-order valence-electron chi connectivity index (χ3n) is 3.99. The molecule has 2 aliphatic heterocycles. The van der Waals surface area contributed by atoms with Gasteiger partial charge in [-0.25, -0.2) is 0 Å². The first-order valence-electron chi connectivity index (χ1n) is 8.53. The lowest BCUT2D eigenvalue weighted by Crippen LogP contribution is -2.44. The summed E-state index contributed by atoms with van der Waals surface area (Å²) in [6.45, 7) is 4.66. The molecule has 8 heteroatoms. The SMILES string of the molecule is CC(C)C1=C[C@@H]2C(=O)NC(CSCC(=O)NCc3ccccn3)=N[C@H]2S1. The fourth-order valence-electron chi connectivity index (χ4n) is 2.62. The van der Waals surface area contributed by atoms with Gasteiger partial charge in [0.1, 0.15) is 11.2 Å². The zero-order valence-corrected chi connectivity index (χ0v) is 16.4. The van der Waals surface area contributed by atoms with Crippen molar-refractivity contribution in [1.82, 2.24) is 15.6 Å². The first-order valence-corrected chi connectivity index (χ1v) is 10.6. The molecule has 0 saturated heterocycles. The molecular formula is C18H22N4O2S2. The summed E-state index contributed by atoms with van der Waals surface area (Å²) in [7, 11) is 0. The Morgan fingerprint density at radius 3 is 3.00 bits per heavy atom. The average molecular weight is 391 g/mol. The Bertz CT molecular complexity index is 734. The normalized spacial score (nSPS) is 21.7. The third-order valence-corrected chi connectivity index (χ3v) is 6.46. The van der Waals surface area contributed by atoms with Gasteiger partial charge in [-0.3, -0.25) is 19.6 Å². The van der Waals surface area contributed by atoms with E-state index in [2.05, 4.69) is 34.5 Å². The quantitative estimate of drug-likeness (QED) is 0.746. The highest BCUT2D eigenvalue weighted by atomic mass is 32.2. The number of allylic oxidation sites excluding steroid dienone is 1. The van der Waals surface area contributed by atoms with Crippen molar-refractivity contribution in [2.45, 2.75) is 25.8 Å². The van der Waals surface area contributed by atoms with Crippen LogP contribution in [0.15, 0.2) is 40.4 Å². The first-order chi connectivity index (χ1) is 12.5. The van der Waals surface area contributed by atoms with Crippen LogP contribution < -0.4 is 10.6 Å². The summed E-state index contributed by atoms with van der Waals surface area (Å²) in [5.74, 6) is 1.68. The van der Waals surface area contributed by atoms with Gasteiger partial charge in [-0.05, 0) is 23.0 Å². The lowest BCUT2D eigenvalue weighted by atomic mass is 10.0. The predicted molar refractivity (Wildman–Crippen MR) is 107 cm³/mol. The van der Waals surface area contributed by atoms with E-state index in [1.165, 1.54) is 16.7 Å². The lowest BCUT2D eigenvalue weighted by Gasteiger charge is -2.22. The van der Waals surface area contributed by atoms with Crippen LogP contribution in [0, 0.1) is 11.8 Å². The number of carbonyl (C=O) groups excluding carboxylic acids is 2. The first kappa shape index (κ1) is 19.0. The van der Waals surface area contributed by atoms with Crippen molar-refractivity contribution in [3.05, 3.63) is 41.1 Å². The molecular weight excluding hydrogens is 368 g/mol. The van der Waals surface area contributed by atoms with Crippen LogP contribution in [0.2, 0.25) is 0 Å². The van der Waals surface area contributed by atoms with E-state index in [0.29, 0.717) is 29.8 Å².